The van der Waals surface area contributed by atoms with Gasteiger partial charge in [-0.25, -0.2) is 13.5 Å². The molecule has 0 spiro atoms. The molecule has 7 nitrogen and oxygen atoms in total. The Morgan fingerprint density at radius 2 is 1.93 bits per heavy atom. The number of aromatic nitrogens is 3. The summed E-state index contributed by atoms with van der Waals surface area (Å²) in [6.07, 6.45) is 8.06. The van der Waals surface area contributed by atoms with Crippen LogP contribution >= 0.6 is 11.6 Å². The van der Waals surface area contributed by atoms with Gasteiger partial charge in [0.15, 0.2) is 0 Å². The Hall–Kier alpha value is -2.26. The number of nitrogens with zero attached hydrogens (tertiary/aromatic N) is 5. The lowest BCUT2D eigenvalue weighted by Gasteiger charge is -2.42. The maximum Gasteiger partial charge on any atom is 0.276 e. The lowest BCUT2D eigenvalue weighted by atomic mass is 9.90. The molecule has 10 heteroatoms. The van der Waals surface area contributed by atoms with E-state index in [1.165, 1.54) is 10.9 Å². The number of carbonyl (C=O) groups is 1. The average Bonchev–Trinajstić information content (AvgIpc) is 3.31. The van der Waals surface area contributed by atoms with Crippen LogP contribution in [0.1, 0.15) is 19.3 Å². The third-order valence-electron chi connectivity index (χ3n) is 6.17. The molecule has 2 bridgehead atoms. The fraction of sp³-hybridized carbons (Fsp3) is 0.550. The summed E-state index contributed by atoms with van der Waals surface area (Å²) in [5, 5.41) is 4.62. The lowest BCUT2D eigenvalue weighted by molar-refractivity contribution is -0.159. The second kappa shape index (κ2) is 7.46. The summed E-state index contributed by atoms with van der Waals surface area (Å²) in [5.41, 5.74) is 1.15. The topological polar surface area (TPSA) is 63.5 Å². The number of halogens is 3. The van der Waals surface area contributed by atoms with Gasteiger partial charge in [0.2, 0.25) is 5.91 Å². The molecular formula is C20H22ClF2N5O2. The fourth-order valence-electron chi connectivity index (χ4n) is 4.71. The first kappa shape index (κ1) is 19.7. The van der Waals surface area contributed by atoms with E-state index in [-0.39, 0.29) is 18.6 Å². The molecule has 0 aromatic carbocycles. The van der Waals surface area contributed by atoms with Crippen molar-refractivity contribution >= 4 is 23.2 Å². The van der Waals surface area contributed by atoms with Crippen LogP contribution in [0.3, 0.4) is 0 Å². The highest BCUT2D eigenvalue weighted by molar-refractivity contribution is 6.30. The Kier molecular flexibility index (Phi) is 4.89. The number of carbonyl (C=O) groups excluding carboxylic acids is 1. The van der Waals surface area contributed by atoms with Crippen molar-refractivity contribution in [3.05, 3.63) is 35.9 Å². The van der Waals surface area contributed by atoms with Crippen LogP contribution < -0.4 is 4.90 Å². The van der Waals surface area contributed by atoms with Crippen LogP contribution in [-0.4, -0.2) is 69.9 Å². The minimum atomic E-state index is -3.15. The number of fused-ring (bicyclic) bond motifs is 2. The van der Waals surface area contributed by atoms with E-state index in [1.54, 1.807) is 34.5 Å². The summed E-state index contributed by atoms with van der Waals surface area (Å²) in [7, 11) is 0. The van der Waals surface area contributed by atoms with Gasteiger partial charge in [0.25, 0.3) is 5.92 Å². The predicted molar refractivity (Wildman–Crippen MR) is 106 cm³/mol. The molecule has 3 saturated heterocycles. The number of hydrogen-bond acceptors (Lipinski definition) is 5. The molecule has 160 valence electrons. The first-order chi connectivity index (χ1) is 14.4. The number of alkyl halides is 2. The summed E-state index contributed by atoms with van der Waals surface area (Å²) in [4.78, 5) is 20.2. The second-order valence-corrected chi connectivity index (χ2v) is 8.63. The van der Waals surface area contributed by atoms with Gasteiger partial charge < -0.3 is 14.5 Å². The molecule has 1 amide bonds. The van der Waals surface area contributed by atoms with Crippen LogP contribution in [-0.2, 0) is 9.53 Å². The highest BCUT2D eigenvalue weighted by Gasteiger charge is 2.51. The maximum absolute atomic E-state index is 15.2. The van der Waals surface area contributed by atoms with Crippen molar-refractivity contribution in [3.63, 3.8) is 0 Å². The molecule has 0 aliphatic carbocycles. The number of anilines is 1. The minimum Gasteiger partial charge on any atom is -0.371 e. The average molecular weight is 438 g/mol. The number of amides is 1. The number of ether oxygens (including phenoxy) is 1. The van der Waals surface area contributed by atoms with Gasteiger partial charge >= 0.3 is 0 Å². The Labute approximate surface area is 177 Å². The SMILES string of the molecule is O=C(C1CCN(c2cnccc2-n2cc(Cl)cn2)CC1(F)F)N1CC2CCC(C1)O2. The largest absolute Gasteiger partial charge is 0.371 e. The summed E-state index contributed by atoms with van der Waals surface area (Å²) in [6.45, 7) is 0.613. The van der Waals surface area contributed by atoms with Gasteiger partial charge in [0.05, 0.1) is 47.5 Å². The monoisotopic (exact) mass is 437 g/mol. The molecule has 3 atom stereocenters. The molecule has 2 aromatic rings. The number of hydrogen-bond donors (Lipinski definition) is 0. The molecule has 5 rings (SSSR count). The molecule has 0 N–H and O–H groups in total. The molecule has 5 heterocycles. The van der Waals surface area contributed by atoms with E-state index in [0.717, 1.165) is 12.8 Å². The summed E-state index contributed by atoms with van der Waals surface area (Å²) in [5.74, 6) is -4.92. The van der Waals surface area contributed by atoms with Crippen molar-refractivity contribution in [1.29, 1.82) is 0 Å². The zero-order valence-corrected chi connectivity index (χ0v) is 17.0. The molecule has 3 unspecified atom stereocenters. The number of rotatable bonds is 3. The van der Waals surface area contributed by atoms with E-state index in [0.29, 0.717) is 36.0 Å². The first-order valence-corrected chi connectivity index (χ1v) is 10.5. The predicted octanol–water partition coefficient (Wildman–Crippen LogP) is 2.77. The molecule has 0 radical (unpaired) electrons. The van der Waals surface area contributed by atoms with Crippen molar-refractivity contribution in [3.8, 4) is 5.69 Å². The third kappa shape index (κ3) is 3.54. The molecule has 3 aliphatic heterocycles. The third-order valence-corrected chi connectivity index (χ3v) is 6.36. The zero-order valence-electron chi connectivity index (χ0n) is 16.3. The number of pyridine rings is 1. The van der Waals surface area contributed by atoms with Crippen molar-refractivity contribution in [2.75, 3.05) is 31.1 Å². The summed E-state index contributed by atoms with van der Waals surface area (Å²) < 4.78 is 37.6. The maximum atomic E-state index is 15.2. The summed E-state index contributed by atoms with van der Waals surface area (Å²) in [6, 6.07) is 1.71. The Balaban J connectivity index is 1.35. The molecule has 2 aromatic heterocycles. The molecule has 3 fully saturated rings. The van der Waals surface area contributed by atoms with Crippen molar-refractivity contribution < 1.29 is 18.3 Å². The van der Waals surface area contributed by atoms with Crippen LogP contribution in [0.15, 0.2) is 30.9 Å². The highest BCUT2D eigenvalue weighted by atomic mass is 35.5. The van der Waals surface area contributed by atoms with Gasteiger partial charge in [-0.05, 0) is 25.3 Å². The second-order valence-electron chi connectivity index (χ2n) is 8.19. The van der Waals surface area contributed by atoms with Crippen LogP contribution in [0, 0.1) is 5.92 Å². The Morgan fingerprint density at radius 3 is 2.60 bits per heavy atom. The fourth-order valence-corrected chi connectivity index (χ4v) is 4.85. The Morgan fingerprint density at radius 1 is 1.17 bits per heavy atom. The smallest absolute Gasteiger partial charge is 0.276 e. The van der Waals surface area contributed by atoms with E-state index in [2.05, 4.69) is 10.1 Å². The van der Waals surface area contributed by atoms with Crippen molar-refractivity contribution in [2.24, 2.45) is 5.92 Å². The van der Waals surface area contributed by atoms with Crippen LogP contribution in [0.5, 0.6) is 0 Å². The number of morpholine rings is 1. The highest BCUT2D eigenvalue weighted by Crippen LogP contribution is 2.39. The summed E-state index contributed by atoms with van der Waals surface area (Å²) >= 11 is 5.96. The van der Waals surface area contributed by atoms with Crippen LogP contribution in [0.4, 0.5) is 14.5 Å². The zero-order chi connectivity index (χ0) is 20.9. The standard InChI is InChI=1S/C20H22ClF2N5O2/c21-13-7-25-28(9-13)17-3-5-24-8-18(17)26-6-4-16(20(22,23)12-26)19(29)27-10-14-1-2-15(11-27)30-14/h3,5,7-9,14-16H,1-2,4,6,10-12H2. The van der Waals surface area contributed by atoms with Crippen molar-refractivity contribution in [1.82, 2.24) is 19.7 Å². The Bertz CT molecular complexity index is 943. The van der Waals surface area contributed by atoms with E-state index < -0.39 is 24.3 Å². The quantitative estimate of drug-likeness (QED) is 0.739. The van der Waals surface area contributed by atoms with Crippen molar-refractivity contribution in [2.45, 2.75) is 37.4 Å². The van der Waals surface area contributed by atoms with Gasteiger partial charge in [0.1, 0.15) is 5.92 Å². The molecular weight excluding hydrogens is 416 g/mol. The lowest BCUT2D eigenvalue weighted by Crippen LogP contribution is -2.57. The van der Waals surface area contributed by atoms with Gasteiger partial charge in [0, 0.05) is 32.0 Å². The van der Waals surface area contributed by atoms with Gasteiger partial charge in [-0.15, -0.1) is 0 Å². The van der Waals surface area contributed by atoms with Gasteiger partial charge in [-0.2, -0.15) is 5.10 Å². The van der Waals surface area contributed by atoms with E-state index in [9.17, 15) is 4.79 Å². The molecule has 0 saturated carbocycles. The first-order valence-electron chi connectivity index (χ1n) is 10.1. The molecule has 30 heavy (non-hydrogen) atoms. The van der Waals surface area contributed by atoms with Crippen LogP contribution in [0.2, 0.25) is 5.02 Å². The molecule has 3 aliphatic rings. The number of likely N-dealkylation sites (tertiary alicyclic amines) is 1. The minimum absolute atomic E-state index is 0.0137. The van der Waals surface area contributed by atoms with Gasteiger partial charge in [-0.3, -0.25) is 9.78 Å². The van der Waals surface area contributed by atoms with E-state index >= 15 is 8.78 Å². The van der Waals surface area contributed by atoms with E-state index in [4.69, 9.17) is 16.3 Å². The normalized spacial score (nSPS) is 28.0. The number of piperidine rings is 1. The van der Waals surface area contributed by atoms with Crippen LogP contribution in [0.25, 0.3) is 5.69 Å². The van der Waals surface area contributed by atoms with E-state index in [1.807, 2.05) is 0 Å². The van der Waals surface area contributed by atoms with Gasteiger partial charge in [-0.1, -0.05) is 11.6 Å².